The number of carbonyl (C=O) groups is 2. The maximum absolute atomic E-state index is 12.5. The number of hydrogen-bond acceptors (Lipinski definition) is 4. The molecule has 4 nitrogen and oxygen atoms in total. The molecule has 0 atom stereocenters. The molecular formula is C17H17NO3. The highest BCUT2D eigenvalue weighted by molar-refractivity contribution is 6.13. The molecule has 0 aliphatic rings. The van der Waals surface area contributed by atoms with Gasteiger partial charge in [-0.3, -0.25) is 4.79 Å². The minimum absolute atomic E-state index is 0.0429. The van der Waals surface area contributed by atoms with Crippen LogP contribution in [0.2, 0.25) is 0 Å². The van der Waals surface area contributed by atoms with Crippen LogP contribution < -0.4 is 0 Å². The van der Waals surface area contributed by atoms with E-state index in [2.05, 4.69) is 4.98 Å². The van der Waals surface area contributed by atoms with Crippen LogP contribution in [0.4, 0.5) is 0 Å². The highest BCUT2D eigenvalue weighted by Gasteiger charge is 2.24. The lowest BCUT2D eigenvalue weighted by Gasteiger charge is -2.19. The Morgan fingerprint density at radius 3 is 2.29 bits per heavy atom. The average Bonchev–Trinajstić information content (AvgIpc) is 2.45. The zero-order valence-corrected chi connectivity index (χ0v) is 12.3. The summed E-state index contributed by atoms with van der Waals surface area (Å²) in [5.41, 5.74) is 0.163. The third kappa shape index (κ3) is 3.75. The van der Waals surface area contributed by atoms with Crippen LogP contribution in [0.15, 0.2) is 48.7 Å². The van der Waals surface area contributed by atoms with E-state index in [1.807, 2.05) is 6.07 Å². The molecule has 108 valence electrons. The van der Waals surface area contributed by atoms with Gasteiger partial charge in [0.25, 0.3) is 0 Å². The van der Waals surface area contributed by atoms with Gasteiger partial charge in [0.1, 0.15) is 5.60 Å². The molecule has 1 heterocycles. The average molecular weight is 283 g/mol. The van der Waals surface area contributed by atoms with E-state index >= 15 is 0 Å². The fourth-order valence-electron chi connectivity index (χ4n) is 1.82. The van der Waals surface area contributed by atoms with Crippen molar-refractivity contribution in [3.8, 4) is 0 Å². The van der Waals surface area contributed by atoms with Crippen molar-refractivity contribution in [3.05, 3.63) is 65.5 Å². The second-order valence-electron chi connectivity index (χ2n) is 5.60. The van der Waals surface area contributed by atoms with Crippen molar-refractivity contribution in [1.29, 1.82) is 0 Å². The number of carbonyl (C=O) groups excluding carboxylic acids is 2. The van der Waals surface area contributed by atoms with E-state index in [9.17, 15) is 9.59 Å². The third-order valence-electron chi connectivity index (χ3n) is 2.68. The molecule has 21 heavy (non-hydrogen) atoms. The van der Waals surface area contributed by atoms with Crippen LogP contribution in [0.1, 0.15) is 47.2 Å². The summed E-state index contributed by atoms with van der Waals surface area (Å²) in [4.78, 5) is 28.7. The van der Waals surface area contributed by atoms with Gasteiger partial charge in [0.05, 0.1) is 5.56 Å². The molecule has 1 aromatic carbocycles. The highest BCUT2D eigenvalue weighted by atomic mass is 16.6. The van der Waals surface area contributed by atoms with Crippen molar-refractivity contribution in [1.82, 2.24) is 4.98 Å². The summed E-state index contributed by atoms with van der Waals surface area (Å²) in [5.74, 6) is -0.841. The van der Waals surface area contributed by atoms with Gasteiger partial charge < -0.3 is 4.74 Å². The maximum Gasteiger partial charge on any atom is 0.358 e. The van der Waals surface area contributed by atoms with E-state index in [-0.39, 0.29) is 17.0 Å². The molecule has 0 amide bonds. The van der Waals surface area contributed by atoms with Gasteiger partial charge in [-0.1, -0.05) is 30.3 Å². The van der Waals surface area contributed by atoms with Crippen molar-refractivity contribution in [2.75, 3.05) is 0 Å². The number of rotatable bonds is 3. The quantitative estimate of drug-likeness (QED) is 0.641. The molecule has 2 aromatic rings. The Hall–Kier alpha value is -2.49. The van der Waals surface area contributed by atoms with Crippen LogP contribution >= 0.6 is 0 Å². The predicted molar refractivity (Wildman–Crippen MR) is 79.3 cm³/mol. The van der Waals surface area contributed by atoms with Gasteiger partial charge in [0.15, 0.2) is 11.5 Å². The first-order valence-electron chi connectivity index (χ1n) is 6.66. The Kier molecular flexibility index (Phi) is 4.17. The van der Waals surface area contributed by atoms with Crippen molar-refractivity contribution < 1.29 is 14.3 Å². The van der Waals surface area contributed by atoms with Crippen LogP contribution in [-0.2, 0) is 4.74 Å². The normalized spacial score (nSPS) is 11.0. The van der Waals surface area contributed by atoms with Crippen molar-refractivity contribution in [3.63, 3.8) is 0 Å². The highest BCUT2D eigenvalue weighted by Crippen LogP contribution is 2.16. The summed E-state index contributed by atoms with van der Waals surface area (Å²) < 4.78 is 5.30. The van der Waals surface area contributed by atoms with Crippen molar-refractivity contribution in [2.24, 2.45) is 0 Å². The molecule has 0 spiro atoms. The Morgan fingerprint density at radius 2 is 1.67 bits per heavy atom. The summed E-state index contributed by atoms with van der Waals surface area (Å²) in [5, 5.41) is 0. The van der Waals surface area contributed by atoms with Gasteiger partial charge in [0, 0.05) is 11.8 Å². The lowest BCUT2D eigenvalue weighted by molar-refractivity contribution is 0.00611. The molecule has 2 rings (SSSR count). The molecule has 0 saturated carbocycles. The van der Waals surface area contributed by atoms with Crippen LogP contribution in [-0.4, -0.2) is 22.3 Å². The first-order valence-corrected chi connectivity index (χ1v) is 6.66. The summed E-state index contributed by atoms with van der Waals surface area (Å²) in [6.45, 7) is 5.31. The van der Waals surface area contributed by atoms with Gasteiger partial charge in [-0.15, -0.1) is 0 Å². The Balaban J connectivity index is 2.38. The Labute approximate surface area is 123 Å². The van der Waals surface area contributed by atoms with Gasteiger partial charge in [0.2, 0.25) is 0 Å². The predicted octanol–water partition coefficient (Wildman–Crippen LogP) is 3.27. The van der Waals surface area contributed by atoms with E-state index < -0.39 is 11.6 Å². The van der Waals surface area contributed by atoms with E-state index in [1.165, 1.54) is 6.20 Å². The van der Waals surface area contributed by atoms with Crippen LogP contribution in [0.25, 0.3) is 0 Å². The SMILES string of the molecule is CC(C)(C)OC(=O)c1ncccc1C(=O)c1ccccc1. The molecule has 0 aliphatic carbocycles. The van der Waals surface area contributed by atoms with E-state index in [0.29, 0.717) is 5.56 Å². The summed E-state index contributed by atoms with van der Waals surface area (Å²) in [6, 6.07) is 12.0. The minimum Gasteiger partial charge on any atom is -0.455 e. The summed E-state index contributed by atoms with van der Waals surface area (Å²) in [7, 11) is 0. The molecule has 0 saturated heterocycles. The number of ketones is 1. The van der Waals surface area contributed by atoms with Crippen molar-refractivity contribution >= 4 is 11.8 Å². The van der Waals surface area contributed by atoms with Gasteiger partial charge in [-0.05, 0) is 32.9 Å². The standard InChI is InChI=1S/C17H17NO3/c1-17(2,3)21-16(20)14-13(10-7-11-18-14)15(19)12-8-5-4-6-9-12/h4-11H,1-3H3. The molecule has 4 heteroatoms. The molecule has 0 aliphatic heterocycles. The van der Waals surface area contributed by atoms with Gasteiger partial charge >= 0.3 is 5.97 Å². The molecule has 0 unspecified atom stereocenters. The number of hydrogen-bond donors (Lipinski definition) is 0. The second-order valence-corrected chi connectivity index (χ2v) is 5.60. The first kappa shape index (κ1) is 14.9. The molecular weight excluding hydrogens is 266 g/mol. The Bertz CT molecular complexity index is 657. The monoisotopic (exact) mass is 283 g/mol. The number of nitrogens with zero attached hydrogens (tertiary/aromatic N) is 1. The zero-order chi connectivity index (χ0) is 15.5. The number of aromatic nitrogens is 1. The topological polar surface area (TPSA) is 56.3 Å². The summed E-state index contributed by atoms with van der Waals surface area (Å²) >= 11 is 0. The van der Waals surface area contributed by atoms with Crippen molar-refractivity contribution in [2.45, 2.75) is 26.4 Å². The second kappa shape index (κ2) is 5.87. The third-order valence-corrected chi connectivity index (χ3v) is 2.68. The van der Waals surface area contributed by atoms with E-state index in [4.69, 9.17) is 4.74 Å². The summed E-state index contributed by atoms with van der Waals surface area (Å²) in [6.07, 6.45) is 1.47. The maximum atomic E-state index is 12.5. The number of esters is 1. The van der Waals surface area contributed by atoms with Gasteiger partial charge in [-0.25, -0.2) is 9.78 Å². The number of ether oxygens (including phenoxy) is 1. The smallest absolute Gasteiger partial charge is 0.358 e. The number of benzene rings is 1. The fraction of sp³-hybridized carbons (Fsp3) is 0.235. The minimum atomic E-state index is -0.637. The van der Waals surface area contributed by atoms with Crippen LogP contribution in [0, 0.1) is 0 Å². The molecule has 0 fully saturated rings. The molecule has 0 bridgehead atoms. The molecule has 1 aromatic heterocycles. The molecule has 0 N–H and O–H groups in total. The zero-order valence-electron chi connectivity index (χ0n) is 12.3. The lowest BCUT2D eigenvalue weighted by Crippen LogP contribution is -2.26. The number of pyridine rings is 1. The fourth-order valence-corrected chi connectivity index (χ4v) is 1.82. The van der Waals surface area contributed by atoms with Crippen LogP contribution in [0.5, 0.6) is 0 Å². The molecule has 0 radical (unpaired) electrons. The first-order chi connectivity index (χ1) is 9.88. The van der Waals surface area contributed by atoms with Crippen LogP contribution in [0.3, 0.4) is 0 Å². The Morgan fingerprint density at radius 1 is 1.00 bits per heavy atom. The van der Waals surface area contributed by atoms with E-state index in [0.717, 1.165) is 0 Å². The lowest BCUT2D eigenvalue weighted by atomic mass is 10.0. The van der Waals surface area contributed by atoms with E-state index in [1.54, 1.807) is 57.2 Å². The van der Waals surface area contributed by atoms with Gasteiger partial charge in [-0.2, -0.15) is 0 Å². The largest absolute Gasteiger partial charge is 0.455 e.